The molecular weight excluding hydrogens is 324 g/mol. The first kappa shape index (κ1) is 16.3. The second-order valence-electron chi connectivity index (χ2n) is 5.69. The van der Waals surface area contributed by atoms with E-state index < -0.39 is 0 Å². The first-order chi connectivity index (χ1) is 11.5. The van der Waals surface area contributed by atoms with Crippen molar-refractivity contribution in [2.24, 2.45) is 0 Å². The average molecular weight is 341 g/mol. The van der Waals surface area contributed by atoms with E-state index in [0.29, 0.717) is 22.2 Å². The van der Waals surface area contributed by atoms with Crippen molar-refractivity contribution in [2.45, 2.75) is 20.3 Å². The summed E-state index contributed by atoms with van der Waals surface area (Å²) >= 11 is 6.06. The third-order valence-corrected chi connectivity index (χ3v) is 4.19. The van der Waals surface area contributed by atoms with E-state index in [-0.39, 0.29) is 12.3 Å². The Bertz CT molecular complexity index is 869. The predicted molar refractivity (Wildman–Crippen MR) is 95.2 cm³/mol. The van der Waals surface area contributed by atoms with Crippen LogP contribution in [0.1, 0.15) is 16.8 Å². The minimum absolute atomic E-state index is 0.140. The Morgan fingerprint density at radius 3 is 2.67 bits per heavy atom. The van der Waals surface area contributed by atoms with Crippen LogP contribution >= 0.6 is 11.6 Å². The van der Waals surface area contributed by atoms with E-state index in [0.717, 1.165) is 11.1 Å². The summed E-state index contributed by atoms with van der Waals surface area (Å²) < 4.78 is 5.33. The molecule has 3 rings (SSSR count). The second-order valence-corrected chi connectivity index (χ2v) is 6.09. The van der Waals surface area contributed by atoms with Gasteiger partial charge in [0.25, 0.3) is 0 Å². The number of benzene rings is 2. The van der Waals surface area contributed by atoms with Crippen LogP contribution in [0.3, 0.4) is 0 Å². The molecule has 0 spiro atoms. The monoisotopic (exact) mass is 340 g/mol. The van der Waals surface area contributed by atoms with Crippen LogP contribution in [0.15, 0.2) is 53.1 Å². The van der Waals surface area contributed by atoms with Gasteiger partial charge < -0.3 is 9.84 Å². The van der Waals surface area contributed by atoms with Crippen LogP contribution in [0.25, 0.3) is 11.3 Å². The molecule has 0 aliphatic heterocycles. The number of aromatic nitrogens is 1. The molecule has 122 valence electrons. The summed E-state index contributed by atoms with van der Waals surface area (Å²) in [5, 5.41) is 7.45. The third kappa shape index (κ3) is 3.66. The fourth-order valence-electron chi connectivity index (χ4n) is 2.35. The Kier molecular flexibility index (Phi) is 4.67. The van der Waals surface area contributed by atoms with Crippen LogP contribution in [-0.2, 0) is 11.2 Å². The summed E-state index contributed by atoms with van der Waals surface area (Å²) in [5.41, 5.74) is 4.24. The molecule has 0 aliphatic carbocycles. The van der Waals surface area contributed by atoms with E-state index in [1.165, 1.54) is 5.56 Å². The van der Waals surface area contributed by atoms with Crippen molar-refractivity contribution in [3.05, 3.63) is 70.4 Å². The van der Waals surface area contributed by atoms with E-state index in [9.17, 15) is 4.79 Å². The average Bonchev–Trinajstić information content (AvgIpc) is 3.01. The molecule has 5 heteroatoms. The zero-order valence-electron chi connectivity index (χ0n) is 13.5. The Balaban J connectivity index is 1.69. The number of nitrogens with one attached hydrogen (secondary N) is 1. The summed E-state index contributed by atoms with van der Waals surface area (Å²) in [4.78, 5) is 12.2. The Morgan fingerprint density at radius 1 is 1.17 bits per heavy atom. The summed E-state index contributed by atoms with van der Waals surface area (Å²) in [6.07, 6.45) is 0.140. The summed E-state index contributed by atoms with van der Waals surface area (Å²) in [5.74, 6) is 0.487. The molecule has 2 aromatic carbocycles. The van der Waals surface area contributed by atoms with Gasteiger partial charge in [0, 0.05) is 22.3 Å². The summed E-state index contributed by atoms with van der Waals surface area (Å²) in [6, 6.07) is 15.1. The van der Waals surface area contributed by atoms with Crippen LogP contribution in [0, 0.1) is 13.8 Å². The highest BCUT2D eigenvalue weighted by Gasteiger charge is 2.12. The zero-order valence-corrected chi connectivity index (χ0v) is 14.2. The minimum Gasteiger partial charge on any atom is -0.356 e. The lowest BCUT2D eigenvalue weighted by Crippen LogP contribution is -2.15. The number of carbonyl (C=O) groups is 1. The highest BCUT2D eigenvalue weighted by molar-refractivity contribution is 6.31. The molecule has 0 aliphatic rings. The van der Waals surface area contributed by atoms with Crippen molar-refractivity contribution in [1.29, 1.82) is 0 Å². The molecule has 1 heterocycles. The van der Waals surface area contributed by atoms with E-state index in [2.05, 4.69) is 10.5 Å². The summed E-state index contributed by atoms with van der Waals surface area (Å²) in [6.45, 7) is 3.89. The molecule has 24 heavy (non-hydrogen) atoms. The normalized spacial score (nSPS) is 10.6. The SMILES string of the molecule is Cc1ccc(-c2cc(CC(=O)Nc3cccc(Cl)c3C)no2)cc1. The van der Waals surface area contributed by atoms with E-state index >= 15 is 0 Å². The molecule has 3 aromatic rings. The van der Waals surface area contributed by atoms with Crippen molar-refractivity contribution in [2.75, 3.05) is 5.32 Å². The molecule has 0 saturated heterocycles. The van der Waals surface area contributed by atoms with Crippen molar-refractivity contribution >= 4 is 23.2 Å². The molecule has 0 unspecified atom stereocenters. The first-order valence-corrected chi connectivity index (χ1v) is 7.98. The maximum absolute atomic E-state index is 12.2. The largest absolute Gasteiger partial charge is 0.356 e. The van der Waals surface area contributed by atoms with E-state index in [4.69, 9.17) is 16.1 Å². The van der Waals surface area contributed by atoms with Gasteiger partial charge in [-0.2, -0.15) is 0 Å². The number of hydrogen-bond acceptors (Lipinski definition) is 3. The molecule has 4 nitrogen and oxygen atoms in total. The van der Waals surface area contributed by atoms with Crippen LogP contribution in [0.5, 0.6) is 0 Å². The number of carbonyl (C=O) groups excluding carboxylic acids is 1. The van der Waals surface area contributed by atoms with Crippen molar-refractivity contribution in [3.8, 4) is 11.3 Å². The lowest BCUT2D eigenvalue weighted by Gasteiger charge is -2.08. The van der Waals surface area contributed by atoms with Gasteiger partial charge in [-0.15, -0.1) is 0 Å². The van der Waals surface area contributed by atoms with E-state index in [1.807, 2.05) is 44.2 Å². The molecule has 0 saturated carbocycles. The minimum atomic E-state index is -0.163. The fourth-order valence-corrected chi connectivity index (χ4v) is 2.53. The van der Waals surface area contributed by atoms with Gasteiger partial charge in [-0.1, -0.05) is 52.7 Å². The Hall–Kier alpha value is -2.59. The molecule has 1 amide bonds. The van der Waals surface area contributed by atoms with Crippen molar-refractivity contribution < 1.29 is 9.32 Å². The highest BCUT2D eigenvalue weighted by atomic mass is 35.5. The molecule has 0 bridgehead atoms. The molecule has 1 aromatic heterocycles. The quantitative estimate of drug-likeness (QED) is 0.742. The van der Waals surface area contributed by atoms with Crippen LogP contribution in [0.4, 0.5) is 5.69 Å². The number of rotatable bonds is 4. The second kappa shape index (κ2) is 6.89. The van der Waals surface area contributed by atoms with Crippen molar-refractivity contribution in [3.63, 3.8) is 0 Å². The molecule has 1 N–H and O–H groups in total. The van der Waals surface area contributed by atoms with Gasteiger partial charge in [0.1, 0.15) is 0 Å². The maximum atomic E-state index is 12.2. The van der Waals surface area contributed by atoms with Crippen LogP contribution < -0.4 is 5.32 Å². The van der Waals surface area contributed by atoms with Crippen LogP contribution in [-0.4, -0.2) is 11.1 Å². The number of hydrogen-bond donors (Lipinski definition) is 1. The number of nitrogens with zero attached hydrogens (tertiary/aromatic N) is 1. The van der Waals surface area contributed by atoms with Gasteiger partial charge in [-0.3, -0.25) is 4.79 Å². The number of halogens is 1. The topological polar surface area (TPSA) is 55.1 Å². The van der Waals surface area contributed by atoms with Gasteiger partial charge in [0.2, 0.25) is 5.91 Å². The number of amides is 1. The molecule has 0 atom stereocenters. The van der Waals surface area contributed by atoms with Crippen molar-refractivity contribution in [1.82, 2.24) is 5.16 Å². The van der Waals surface area contributed by atoms with E-state index in [1.54, 1.807) is 18.2 Å². The fraction of sp³-hybridized carbons (Fsp3) is 0.158. The van der Waals surface area contributed by atoms with Gasteiger partial charge in [-0.25, -0.2) is 0 Å². The van der Waals surface area contributed by atoms with Gasteiger partial charge in [0.15, 0.2) is 5.76 Å². The lowest BCUT2D eigenvalue weighted by molar-refractivity contribution is -0.115. The van der Waals surface area contributed by atoms with Crippen LogP contribution in [0.2, 0.25) is 5.02 Å². The predicted octanol–water partition coefficient (Wildman–Crippen LogP) is 4.79. The van der Waals surface area contributed by atoms with Gasteiger partial charge in [-0.05, 0) is 31.5 Å². The lowest BCUT2D eigenvalue weighted by atomic mass is 10.1. The zero-order chi connectivity index (χ0) is 17.1. The Labute approximate surface area is 145 Å². The molecular formula is C19H17ClN2O2. The molecule has 0 fully saturated rings. The molecule has 0 radical (unpaired) electrons. The third-order valence-electron chi connectivity index (χ3n) is 3.78. The smallest absolute Gasteiger partial charge is 0.230 e. The Morgan fingerprint density at radius 2 is 1.92 bits per heavy atom. The first-order valence-electron chi connectivity index (χ1n) is 7.60. The van der Waals surface area contributed by atoms with Gasteiger partial charge >= 0.3 is 0 Å². The number of aryl methyl sites for hydroxylation is 1. The highest BCUT2D eigenvalue weighted by Crippen LogP contribution is 2.24. The number of anilines is 1. The maximum Gasteiger partial charge on any atom is 0.230 e. The standard InChI is InChI=1S/C19H17ClN2O2/c1-12-6-8-14(9-7-12)18-10-15(22-24-18)11-19(23)21-17-5-3-4-16(20)13(17)2/h3-10H,11H2,1-2H3,(H,21,23). The summed E-state index contributed by atoms with van der Waals surface area (Å²) in [7, 11) is 0. The van der Waals surface area contributed by atoms with Gasteiger partial charge in [0.05, 0.1) is 12.1 Å².